The summed E-state index contributed by atoms with van der Waals surface area (Å²) in [6, 6.07) is 4.02. The SMILES string of the molecule is C=CCN1CCCCC1C(O)c1cccnc1. The van der Waals surface area contributed by atoms with E-state index < -0.39 is 6.10 Å². The molecule has 2 unspecified atom stereocenters. The van der Waals surface area contributed by atoms with E-state index in [0.29, 0.717) is 0 Å². The third-order valence-electron chi connectivity index (χ3n) is 3.42. The molecule has 1 aliphatic heterocycles. The number of hydrogen-bond donors (Lipinski definition) is 1. The highest BCUT2D eigenvalue weighted by atomic mass is 16.3. The molecular formula is C14H20N2O. The van der Waals surface area contributed by atoms with Gasteiger partial charge in [0.2, 0.25) is 0 Å². The third-order valence-corrected chi connectivity index (χ3v) is 3.42. The van der Waals surface area contributed by atoms with Gasteiger partial charge >= 0.3 is 0 Å². The lowest BCUT2D eigenvalue weighted by molar-refractivity contribution is 0.0315. The molecule has 1 saturated heterocycles. The van der Waals surface area contributed by atoms with E-state index in [2.05, 4.69) is 16.5 Å². The minimum Gasteiger partial charge on any atom is -0.387 e. The Morgan fingerprint density at radius 2 is 2.47 bits per heavy atom. The average Bonchev–Trinajstić information content (AvgIpc) is 2.40. The Hall–Kier alpha value is -1.19. The molecule has 2 rings (SSSR count). The number of aromatic nitrogens is 1. The molecule has 3 heteroatoms. The zero-order valence-corrected chi connectivity index (χ0v) is 10.1. The second-order valence-electron chi connectivity index (χ2n) is 4.58. The summed E-state index contributed by atoms with van der Waals surface area (Å²) >= 11 is 0. The van der Waals surface area contributed by atoms with Gasteiger partial charge in [-0.3, -0.25) is 9.88 Å². The fourth-order valence-corrected chi connectivity index (χ4v) is 2.54. The molecule has 0 aromatic carbocycles. The monoisotopic (exact) mass is 232 g/mol. The highest BCUT2D eigenvalue weighted by Crippen LogP contribution is 2.27. The molecule has 1 fully saturated rings. The molecule has 0 aliphatic carbocycles. The largest absolute Gasteiger partial charge is 0.387 e. The van der Waals surface area contributed by atoms with Gasteiger partial charge in [0.05, 0.1) is 6.10 Å². The van der Waals surface area contributed by atoms with Crippen LogP contribution in [0.25, 0.3) is 0 Å². The molecule has 17 heavy (non-hydrogen) atoms. The first-order valence-electron chi connectivity index (χ1n) is 6.26. The van der Waals surface area contributed by atoms with E-state index in [0.717, 1.165) is 25.1 Å². The predicted molar refractivity (Wildman–Crippen MR) is 68.6 cm³/mol. The first-order valence-corrected chi connectivity index (χ1v) is 6.26. The summed E-state index contributed by atoms with van der Waals surface area (Å²) in [6.07, 6.45) is 8.41. The number of piperidine rings is 1. The summed E-state index contributed by atoms with van der Waals surface area (Å²) in [5.41, 5.74) is 0.911. The summed E-state index contributed by atoms with van der Waals surface area (Å²) in [5.74, 6) is 0. The highest BCUT2D eigenvalue weighted by molar-refractivity contribution is 5.14. The minimum atomic E-state index is -0.441. The second-order valence-corrected chi connectivity index (χ2v) is 4.58. The number of nitrogens with zero attached hydrogens (tertiary/aromatic N) is 2. The minimum absolute atomic E-state index is 0.200. The number of likely N-dealkylation sites (tertiary alicyclic amines) is 1. The molecule has 1 N–H and O–H groups in total. The van der Waals surface area contributed by atoms with Crippen LogP contribution in [0.15, 0.2) is 37.2 Å². The molecule has 1 aliphatic rings. The second kappa shape index (κ2) is 5.94. The van der Waals surface area contributed by atoms with Crippen molar-refractivity contribution in [2.75, 3.05) is 13.1 Å². The van der Waals surface area contributed by atoms with Gasteiger partial charge < -0.3 is 5.11 Å². The molecule has 0 bridgehead atoms. The molecule has 1 aromatic rings. The van der Waals surface area contributed by atoms with Crippen molar-refractivity contribution in [2.24, 2.45) is 0 Å². The molecule has 0 amide bonds. The fraction of sp³-hybridized carbons (Fsp3) is 0.500. The third kappa shape index (κ3) is 2.93. The van der Waals surface area contributed by atoms with Crippen molar-refractivity contribution >= 4 is 0 Å². The molecule has 0 radical (unpaired) electrons. The zero-order chi connectivity index (χ0) is 12.1. The molecule has 0 saturated carbocycles. The van der Waals surface area contributed by atoms with Gasteiger partial charge in [-0.05, 0) is 25.5 Å². The van der Waals surface area contributed by atoms with Crippen LogP contribution in [-0.2, 0) is 0 Å². The van der Waals surface area contributed by atoms with Gasteiger partial charge in [0.1, 0.15) is 0 Å². The number of aliphatic hydroxyl groups excluding tert-OH is 1. The van der Waals surface area contributed by atoms with Crippen LogP contribution in [0.4, 0.5) is 0 Å². The zero-order valence-electron chi connectivity index (χ0n) is 10.1. The van der Waals surface area contributed by atoms with Gasteiger partial charge in [-0.15, -0.1) is 6.58 Å². The van der Waals surface area contributed by atoms with Crippen molar-refractivity contribution in [3.63, 3.8) is 0 Å². The van der Waals surface area contributed by atoms with Crippen molar-refractivity contribution < 1.29 is 5.11 Å². The van der Waals surface area contributed by atoms with Crippen molar-refractivity contribution in [1.29, 1.82) is 0 Å². The number of aliphatic hydroxyl groups is 1. The topological polar surface area (TPSA) is 36.4 Å². The Labute approximate surface area is 103 Å². The highest BCUT2D eigenvalue weighted by Gasteiger charge is 2.28. The number of rotatable bonds is 4. The standard InChI is InChI=1S/C14H20N2O/c1-2-9-16-10-4-3-7-13(16)14(17)12-6-5-8-15-11-12/h2,5-6,8,11,13-14,17H,1,3-4,7,9-10H2. The van der Waals surface area contributed by atoms with Gasteiger partial charge in [0.15, 0.2) is 0 Å². The Bertz CT molecular complexity index is 352. The quantitative estimate of drug-likeness (QED) is 0.808. The molecule has 1 aromatic heterocycles. The van der Waals surface area contributed by atoms with E-state index in [9.17, 15) is 5.11 Å². The number of pyridine rings is 1. The van der Waals surface area contributed by atoms with Crippen molar-refractivity contribution in [3.05, 3.63) is 42.7 Å². The van der Waals surface area contributed by atoms with E-state index in [-0.39, 0.29) is 6.04 Å². The lowest BCUT2D eigenvalue weighted by Gasteiger charge is -2.37. The number of hydrogen-bond acceptors (Lipinski definition) is 3. The molecule has 92 valence electrons. The maximum Gasteiger partial charge on any atom is 0.0960 e. The van der Waals surface area contributed by atoms with Crippen LogP contribution in [0, 0.1) is 0 Å². The maximum absolute atomic E-state index is 10.4. The first-order chi connectivity index (χ1) is 8.33. The summed E-state index contributed by atoms with van der Waals surface area (Å²) in [4.78, 5) is 6.39. The summed E-state index contributed by atoms with van der Waals surface area (Å²) in [7, 11) is 0. The van der Waals surface area contributed by atoms with Crippen LogP contribution in [0.2, 0.25) is 0 Å². The van der Waals surface area contributed by atoms with Crippen LogP contribution >= 0.6 is 0 Å². The van der Waals surface area contributed by atoms with Gasteiger partial charge in [-0.1, -0.05) is 18.6 Å². The van der Waals surface area contributed by atoms with E-state index in [1.807, 2.05) is 18.2 Å². The first kappa shape index (κ1) is 12.3. The summed E-state index contributed by atoms with van der Waals surface area (Å²) < 4.78 is 0. The van der Waals surface area contributed by atoms with Gasteiger partial charge in [0, 0.05) is 30.5 Å². The van der Waals surface area contributed by atoms with E-state index in [4.69, 9.17) is 0 Å². The van der Waals surface area contributed by atoms with Crippen molar-refractivity contribution in [1.82, 2.24) is 9.88 Å². The molecule has 3 nitrogen and oxygen atoms in total. The maximum atomic E-state index is 10.4. The molecule has 0 spiro atoms. The van der Waals surface area contributed by atoms with Crippen molar-refractivity contribution in [2.45, 2.75) is 31.4 Å². The smallest absolute Gasteiger partial charge is 0.0960 e. The van der Waals surface area contributed by atoms with Gasteiger partial charge in [0.25, 0.3) is 0 Å². The van der Waals surface area contributed by atoms with Crippen LogP contribution in [0.3, 0.4) is 0 Å². The van der Waals surface area contributed by atoms with Crippen LogP contribution in [0.1, 0.15) is 30.9 Å². The van der Waals surface area contributed by atoms with Crippen LogP contribution < -0.4 is 0 Å². The van der Waals surface area contributed by atoms with Crippen LogP contribution in [-0.4, -0.2) is 34.1 Å². The Balaban J connectivity index is 2.10. The van der Waals surface area contributed by atoms with E-state index in [1.165, 1.54) is 12.8 Å². The predicted octanol–water partition coefficient (Wildman–Crippen LogP) is 2.16. The normalized spacial score (nSPS) is 23.2. The Morgan fingerprint density at radius 1 is 1.59 bits per heavy atom. The summed E-state index contributed by atoms with van der Waals surface area (Å²) in [5, 5.41) is 10.4. The van der Waals surface area contributed by atoms with Crippen molar-refractivity contribution in [3.8, 4) is 0 Å². The van der Waals surface area contributed by atoms with Crippen LogP contribution in [0.5, 0.6) is 0 Å². The lowest BCUT2D eigenvalue weighted by atomic mass is 9.94. The summed E-state index contributed by atoms with van der Waals surface area (Å²) in [6.45, 7) is 5.68. The lowest BCUT2D eigenvalue weighted by Crippen LogP contribution is -2.43. The van der Waals surface area contributed by atoms with E-state index in [1.54, 1.807) is 12.4 Å². The van der Waals surface area contributed by atoms with Gasteiger partial charge in [-0.25, -0.2) is 0 Å². The Kier molecular flexibility index (Phi) is 4.29. The molecule has 2 atom stereocenters. The molecule has 2 heterocycles. The fourth-order valence-electron chi connectivity index (χ4n) is 2.54. The van der Waals surface area contributed by atoms with E-state index >= 15 is 0 Å². The van der Waals surface area contributed by atoms with Gasteiger partial charge in [-0.2, -0.15) is 0 Å². The average molecular weight is 232 g/mol. The molecular weight excluding hydrogens is 212 g/mol. The Morgan fingerprint density at radius 3 is 3.18 bits per heavy atom.